The van der Waals surface area contributed by atoms with E-state index in [2.05, 4.69) is 10.6 Å². The van der Waals surface area contributed by atoms with Crippen LogP contribution in [0.2, 0.25) is 0 Å². The van der Waals surface area contributed by atoms with Gasteiger partial charge in [0.1, 0.15) is 0 Å². The molecule has 0 saturated carbocycles. The predicted octanol–water partition coefficient (Wildman–Crippen LogP) is 3.63. The summed E-state index contributed by atoms with van der Waals surface area (Å²) < 4.78 is 10.9. The average molecular weight is 370 g/mol. The van der Waals surface area contributed by atoms with Crippen LogP contribution in [0.5, 0.6) is 11.5 Å². The maximum atomic E-state index is 12.6. The molecule has 0 aliphatic rings. The Bertz CT molecular complexity index is 791. The zero-order valence-electron chi connectivity index (χ0n) is 16.1. The van der Waals surface area contributed by atoms with Crippen LogP contribution in [-0.4, -0.2) is 31.1 Å². The number of nitrogens with one attached hydrogen (secondary N) is 2. The van der Waals surface area contributed by atoms with Crippen molar-refractivity contribution in [2.45, 2.75) is 39.3 Å². The van der Waals surface area contributed by atoms with Crippen LogP contribution in [0.1, 0.15) is 37.6 Å². The molecule has 0 spiro atoms. The van der Waals surface area contributed by atoms with Gasteiger partial charge in [-0.2, -0.15) is 0 Å². The van der Waals surface area contributed by atoms with Gasteiger partial charge < -0.3 is 20.1 Å². The Labute approximate surface area is 159 Å². The monoisotopic (exact) mass is 370 g/mol. The second kappa shape index (κ2) is 9.62. The third-order valence-electron chi connectivity index (χ3n) is 4.16. The lowest BCUT2D eigenvalue weighted by Crippen LogP contribution is -2.34. The lowest BCUT2D eigenvalue weighted by molar-refractivity contribution is -0.122. The van der Waals surface area contributed by atoms with E-state index in [1.54, 1.807) is 56.5 Å². The predicted molar refractivity (Wildman–Crippen MR) is 105 cm³/mol. The molecule has 2 atom stereocenters. The molecule has 0 bridgehead atoms. The zero-order chi connectivity index (χ0) is 19.8. The number of hydrogen-bond acceptors (Lipinski definition) is 4. The summed E-state index contributed by atoms with van der Waals surface area (Å²) in [5, 5.41) is 5.68. The molecular formula is C21H26N2O4. The van der Waals surface area contributed by atoms with E-state index in [-0.39, 0.29) is 17.9 Å². The van der Waals surface area contributed by atoms with Gasteiger partial charge in [-0.3, -0.25) is 9.59 Å². The maximum absolute atomic E-state index is 12.6. The van der Waals surface area contributed by atoms with E-state index in [0.717, 1.165) is 6.42 Å². The number of ether oxygens (including phenoxy) is 2. The number of rotatable bonds is 8. The highest BCUT2D eigenvalue weighted by Crippen LogP contribution is 2.27. The van der Waals surface area contributed by atoms with Crippen LogP contribution in [0, 0.1) is 0 Å². The summed E-state index contributed by atoms with van der Waals surface area (Å²) in [6.07, 6.45) is 0.0521. The molecule has 2 aromatic rings. The number of amides is 2. The van der Waals surface area contributed by atoms with Crippen molar-refractivity contribution < 1.29 is 19.1 Å². The van der Waals surface area contributed by atoms with Crippen molar-refractivity contribution in [1.29, 1.82) is 0 Å². The van der Waals surface area contributed by atoms with Crippen molar-refractivity contribution in [3.8, 4) is 11.5 Å². The summed E-state index contributed by atoms with van der Waals surface area (Å²) >= 11 is 0. The molecule has 27 heavy (non-hydrogen) atoms. The topological polar surface area (TPSA) is 76.7 Å². The fraction of sp³-hybridized carbons (Fsp3) is 0.333. The maximum Gasteiger partial charge on any atom is 0.265 e. The van der Waals surface area contributed by atoms with Gasteiger partial charge >= 0.3 is 0 Å². The van der Waals surface area contributed by atoms with Crippen molar-refractivity contribution in [3.05, 3.63) is 54.1 Å². The Balaban J connectivity index is 2.10. The summed E-state index contributed by atoms with van der Waals surface area (Å²) in [4.78, 5) is 25.0. The van der Waals surface area contributed by atoms with Crippen LogP contribution in [0.25, 0.3) is 0 Å². The number of benzene rings is 2. The summed E-state index contributed by atoms with van der Waals surface area (Å²) in [5.41, 5.74) is 0.856. The second-order valence-electron chi connectivity index (χ2n) is 6.23. The minimum Gasteiger partial charge on any atom is -0.493 e. The van der Waals surface area contributed by atoms with Gasteiger partial charge in [0.15, 0.2) is 17.6 Å². The van der Waals surface area contributed by atoms with Crippen LogP contribution in [-0.2, 0) is 4.79 Å². The molecule has 0 aliphatic carbocycles. The molecule has 0 radical (unpaired) electrons. The Morgan fingerprint density at radius 1 is 1.00 bits per heavy atom. The number of carbonyl (C=O) groups is 2. The van der Waals surface area contributed by atoms with Gasteiger partial charge in [0, 0.05) is 6.04 Å². The SMILES string of the molecule is CCC(C)NC(=O)c1ccccc1NC(=O)C(C)Oc1ccccc1OC. The minimum atomic E-state index is -0.771. The molecule has 0 aliphatic heterocycles. The van der Waals surface area contributed by atoms with E-state index in [1.165, 1.54) is 0 Å². The average Bonchev–Trinajstić information content (AvgIpc) is 2.68. The van der Waals surface area contributed by atoms with Crippen LogP contribution >= 0.6 is 0 Å². The van der Waals surface area contributed by atoms with Gasteiger partial charge in [-0.15, -0.1) is 0 Å². The largest absolute Gasteiger partial charge is 0.493 e. The Hall–Kier alpha value is -3.02. The summed E-state index contributed by atoms with van der Waals surface area (Å²) in [6.45, 7) is 5.57. The smallest absolute Gasteiger partial charge is 0.265 e. The fourth-order valence-corrected chi connectivity index (χ4v) is 2.39. The lowest BCUT2D eigenvalue weighted by Gasteiger charge is -2.18. The van der Waals surface area contributed by atoms with E-state index >= 15 is 0 Å². The van der Waals surface area contributed by atoms with Crippen molar-refractivity contribution in [2.75, 3.05) is 12.4 Å². The van der Waals surface area contributed by atoms with Gasteiger partial charge in [0.25, 0.3) is 11.8 Å². The molecule has 2 rings (SSSR count). The number of carbonyl (C=O) groups excluding carboxylic acids is 2. The summed E-state index contributed by atoms with van der Waals surface area (Å²) in [5.74, 6) is 0.444. The van der Waals surface area contributed by atoms with Crippen molar-refractivity contribution in [2.24, 2.45) is 0 Å². The molecule has 144 valence electrons. The van der Waals surface area contributed by atoms with Crippen molar-refractivity contribution in [1.82, 2.24) is 5.32 Å². The van der Waals surface area contributed by atoms with Crippen LogP contribution in [0.15, 0.2) is 48.5 Å². The van der Waals surface area contributed by atoms with Gasteiger partial charge in [0.05, 0.1) is 18.4 Å². The van der Waals surface area contributed by atoms with Crippen molar-refractivity contribution >= 4 is 17.5 Å². The normalized spacial score (nSPS) is 12.6. The highest BCUT2D eigenvalue weighted by molar-refractivity contribution is 6.04. The molecule has 0 fully saturated rings. The van der Waals surface area contributed by atoms with Gasteiger partial charge in [-0.05, 0) is 44.5 Å². The highest BCUT2D eigenvalue weighted by atomic mass is 16.5. The molecule has 0 saturated heterocycles. The Morgan fingerprint density at radius 2 is 1.63 bits per heavy atom. The minimum absolute atomic E-state index is 0.0501. The first-order valence-electron chi connectivity index (χ1n) is 8.96. The second-order valence-corrected chi connectivity index (χ2v) is 6.23. The van der Waals surface area contributed by atoms with E-state index < -0.39 is 6.10 Å². The van der Waals surface area contributed by atoms with Crippen LogP contribution in [0.3, 0.4) is 0 Å². The number of hydrogen-bond donors (Lipinski definition) is 2. The number of methoxy groups -OCH3 is 1. The van der Waals surface area contributed by atoms with E-state index in [1.807, 2.05) is 19.9 Å². The van der Waals surface area contributed by atoms with Crippen LogP contribution < -0.4 is 20.1 Å². The molecule has 6 nitrogen and oxygen atoms in total. The first-order valence-corrected chi connectivity index (χ1v) is 8.96. The van der Waals surface area contributed by atoms with E-state index in [0.29, 0.717) is 22.7 Å². The molecule has 2 unspecified atom stereocenters. The third kappa shape index (κ3) is 5.48. The Kier molecular flexibility index (Phi) is 7.23. The molecule has 2 N–H and O–H groups in total. The molecule has 6 heteroatoms. The lowest BCUT2D eigenvalue weighted by atomic mass is 10.1. The van der Waals surface area contributed by atoms with E-state index in [9.17, 15) is 9.59 Å². The number of para-hydroxylation sites is 3. The molecular weight excluding hydrogens is 344 g/mol. The molecule has 0 heterocycles. The highest BCUT2D eigenvalue weighted by Gasteiger charge is 2.20. The van der Waals surface area contributed by atoms with E-state index in [4.69, 9.17) is 9.47 Å². The van der Waals surface area contributed by atoms with Gasteiger partial charge in [-0.25, -0.2) is 0 Å². The number of anilines is 1. The quantitative estimate of drug-likeness (QED) is 0.744. The standard InChI is InChI=1S/C21H26N2O4/c1-5-14(2)22-21(25)16-10-6-7-11-17(16)23-20(24)15(3)27-19-13-9-8-12-18(19)26-4/h6-15H,5H2,1-4H3,(H,22,25)(H,23,24). The first kappa shape index (κ1) is 20.3. The van der Waals surface area contributed by atoms with Crippen LogP contribution in [0.4, 0.5) is 5.69 Å². The summed E-state index contributed by atoms with van der Waals surface area (Å²) in [7, 11) is 1.54. The fourth-order valence-electron chi connectivity index (χ4n) is 2.39. The summed E-state index contributed by atoms with van der Waals surface area (Å²) in [6, 6.07) is 14.1. The third-order valence-corrected chi connectivity index (χ3v) is 4.16. The van der Waals surface area contributed by atoms with Gasteiger partial charge in [0.2, 0.25) is 0 Å². The zero-order valence-corrected chi connectivity index (χ0v) is 16.1. The molecule has 0 aromatic heterocycles. The Morgan fingerprint density at radius 3 is 2.30 bits per heavy atom. The molecule has 2 amide bonds. The molecule has 2 aromatic carbocycles. The first-order chi connectivity index (χ1) is 13.0. The van der Waals surface area contributed by atoms with Crippen molar-refractivity contribution in [3.63, 3.8) is 0 Å². The van der Waals surface area contributed by atoms with Gasteiger partial charge in [-0.1, -0.05) is 31.2 Å².